The lowest BCUT2D eigenvalue weighted by atomic mass is 10.0. The first-order valence-electron chi connectivity index (χ1n) is 9.59. The fraction of sp³-hybridized carbons (Fsp3) is 0.364. The molecule has 1 saturated heterocycles. The van der Waals surface area contributed by atoms with E-state index in [-0.39, 0.29) is 42.5 Å². The third-order valence-corrected chi connectivity index (χ3v) is 5.05. The predicted octanol–water partition coefficient (Wildman–Crippen LogP) is 3.16. The van der Waals surface area contributed by atoms with E-state index in [1.54, 1.807) is 15.9 Å². The summed E-state index contributed by atoms with van der Waals surface area (Å²) in [5.41, 5.74) is 1.82. The molecule has 0 aliphatic carbocycles. The Hall–Kier alpha value is -2.44. The first-order chi connectivity index (χ1) is 13.5. The molecule has 2 amide bonds. The highest BCUT2D eigenvalue weighted by molar-refractivity contribution is 5.85. The summed E-state index contributed by atoms with van der Waals surface area (Å²) in [5, 5.41) is 3.27. The van der Waals surface area contributed by atoms with Gasteiger partial charge in [-0.2, -0.15) is 0 Å². The van der Waals surface area contributed by atoms with Gasteiger partial charge in [0, 0.05) is 46.1 Å². The van der Waals surface area contributed by atoms with Gasteiger partial charge >= 0.3 is 0 Å². The highest BCUT2D eigenvalue weighted by Crippen LogP contribution is 2.23. The second-order valence-corrected chi connectivity index (χ2v) is 7.04. The summed E-state index contributed by atoms with van der Waals surface area (Å²) in [6.07, 6.45) is 0.248. The molecule has 1 unspecified atom stereocenters. The van der Waals surface area contributed by atoms with Gasteiger partial charge in [0.15, 0.2) is 0 Å². The van der Waals surface area contributed by atoms with Crippen LogP contribution in [0.15, 0.2) is 54.6 Å². The van der Waals surface area contributed by atoms with Crippen molar-refractivity contribution < 1.29 is 14.0 Å². The van der Waals surface area contributed by atoms with Crippen LogP contribution in [-0.2, 0) is 16.1 Å². The van der Waals surface area contributed by atoms with Crippen LogP contribution in [-0.4, -0.2) is 47.8 Å². The van der Waals surface area contributed by atoms with E-state index >= 15 is 0 Å². The van der Waals surface area contributed by atoms with Gasteiger partial charge in [0.05, 0.1) is 6.04 Å². The molecule has 2 aromatic carbocycles. The second kappa shape index (κ2) is 10.9. The number of carbonyl (C=O) groups is 2. The standard InChI is InChI=1S/C22H26FN3O2.ClH/c1-17(27)25(16-18-6-3-2-4-7-18)12-10-22(28)26-13-11-24-15-21(26)19-8-5-9-20(23)14-19;/h2-9,14,21,24H,10-13,15-16H2,1H3;1H. The average Bonchev–Trinajstić information content (AvgIpc) is 2.71. The van der Waals surface area contributed by atoms with Crippen LogP contribution >= 0.6 is 12.4 Å². The summed E-state index contributed by atoms with van der Waals surface area (Å²) in [4.78, 5) is 28.4. The third-order valence-electron chi connectivity index (χ3n) is 5.05. The van der Waals surface area contributed by atoms with Crippen molar-refractivity contribution in [2.45, 2.75) is 25.9 Å². The lowest BCUT2D eigenvalue weighted by Crippen LogP contribution is -2.49. The van der Waals surface area contributed by atoms with Crippen molar-refractivity contribution in [2.75, 3.05) is 26.2 Å². The maximum absolute atomic E-state index is 13.6. The summed E-state index contributed by atoms with van der Waals surface area (Å²) in [5.74, 6) is -0.380. The third kappa shape index (κ3) is 6.27. The van der Waals surface area contributed by atoms with Crippen molar-refractivity contribution >= 4 is 24.2 Å². The lowest BCUT2D eigenvalue weighted by molar-refractivity contribution is -0.136. The van der Waals surface area contributed by atoms with Gasteiger partial charge in [-0.15, -0.1) is 12.4 Å². The molecule has 0 radical (unpaired) electrons. The van der Waals surface area contributed by atoms with Crippen LogP contribution in [0.1, 0.15) is 30.5 Å². The largest absolute Gasteiger partial charge is 0.338 e. The second-order valence-electron chi connectivity index (χ2n) is 7.04. The molecule has 1 atom stereocenters. The van der Waals surface area contributed by atoms with Gasteiger partial charge in [-0.1, -0.05) is 42.5 Å². The molecule has 2 aromatic rings. The van der Waals surface area contributed by atoms with E-state index in [1.165, 1.54) is 19.1 Å². The number of benzene rings is 2. The summed E-state index contributed by atoms with van der Waals surface area (Å²) in [7, 11) is 0. The van der Waals surface area contributed by atoms with E-state index in [2.05, 4.69) is 5.32 Å². The van der Waals surface area contributed by atoms with Crippen LogP contribution in [0.4, 0.5) is 4.39 Å². The SMILES string of the molecule is CC(=O)N(CCC(=O)N1CCNCC1c1cccc(F)c1)Cc1ccccc1.Cl. The molecule has 3 rings (SSSR count). The first kappa shape index (κ1) is 22.8. The number of carbonyl (C=O) groups excluding carboxylic acids is 2. The Morgan fingerprint density at radius 3 is 2.62 bits per heavy atom. The van der Waals surface area contributed by atoms with E-state index < -0.39 is 0 Å². The molecular formula is C22H27ClFN3O2. The van der Waals surface area contributed by atoms with Crippen molar-refractivity contribution in [1.29, 1.82) is 0 Å². The van der Waals surface area contributed by atoms with Gasteiger partial charge in [0.2, 0.25) is 11.8 Å². The fourth-order valence-electron chi connectivity index (χ4n) is 3.54. The van der Waals surface area contributed by atoms with Crippen LogP contribution in [0.25, 0.3) is 0 Å². The Bertz CT molecular complexity index is 819. The molecule has 1 aliphatic heterocycles. The summed E-state index contributed by atoms with van der Waals surface area (Å²) in [6, 6.07) is 15.9. The molecule has 1 fully saturated rings. The Balaban J connectivity index is 0.00000300. The van der Waals surface area contributed by atoms with Gasteiger partial charge in [-0.05, 0) is 23.3 Å². The van der Waals surface area contributed by atoms with Crippen LogP contribution in [0.2, 0.25) is 0 Å². The molecule has 1 N–H and O–H groups in total. The Labute approximate surface area is 177 Å². The van der Waals surface area contributed by atoms with Crippen molar-refractivity contribution in [2.24, 2.45) is 0 Å². The molecule has 0 bridgehead atoms. The van der Waals surface area contributed by atoms with E-state index in [9.17, 15) is 14.0 Å². The van der Waals surface area contributed by atoms with Gasteiger partial charge in [0.1, 0.15) is 5.82 Å². The zero-order chi connectivity index (χ0) is 19.9. The summed E-state index contributed by atoms with van der Waals surface area (Å²) < 4.78 is 13.6. The highest BCUT2D eigenvalue weighted by Gasteiger charge is 2.28. The molecule has 0 aromatic heterocycles. The predicted molar refractivity (Wildman–Crippen MR) is 113 cm³/mol. The van der Waals surface area contributed by atoms with Crippen LogP contribution in [0, 0.1) is 5.82 Å². The summed E-state index contributed by atoms with van der Waals surface area (Å²) >= 11 is 0. The van der Waals surface area contributed by atoms with Crippen LogP contribution in [0.3, 0.4) is 0 Å². The van der Waals surface area contributed by atoms with E-state index in [4.69, 9.17) is 0 Å². The normalized spacial score (nSPS) is 16.1. The Kier molecular flexibility index (Phi) is 8.61. The monoisotopic (exact) mass is 419 g/mol. The molecule has 1 heterocycles. The van der Waals surface area contributed by atoms with Gasteiger partial charge in [-0.3, -0.25) is 9.59 Å². The number of nitrogens with zero attached hydrogens (tertiary/aromatic N) is 2. The summed E-state index contributed by atoms with van der Waals surface area (Å²) in [6.45, 7) is 4.24. The minimum atomic E-state index is -0.305. The lowest BCUT2D eigenvalue weighted by Gasteiger charge is -2.37. The van der Waals surface area contributed by atoms with E-state index in [0.717, 1.165) is 11.1 Å². The quantitative estimate of drug-likeness (QED) is 0.782. The van der Waals surface area contributed by atoms with Crippen molar-refractivity contribution in [3.8, 4) is 0 Å². The molecule has 5 nitrogen and oxygen atoms in total. The van der Waals surface area contributed by atoms with E-state index in [1.807, 2.05) is 36.4 Å². The van der Waals surface area contributed by atoms with Gasteiger partial charge < -0.3 is 15.1 Å². The van der Waals surface area contributed by atoms with Crippen LogP contribution in [0.5, 0.6) is 0 Å². The molecule has 0 spiro atoms. The number of hydrogen-bond donors (Lipinski definition) is 1. The van der Waals surface area contributed by atoms with Gasteiger partial charge in [0.25, 0.3) is 0 Å². The maximum atomic E-state index is 13.6. The smallest absolute Gasteiger partial charge is 0.224 e. The number of rotatable bonds is 6. The van der Waals surface area contributed by atoms with E-state index in [0.29, 0.717) is 32.7 Å². The Morgan fingerprint density at radius 2 is 1.93 bits per heavy atom. The molecule has 156 valence electrons. The highest BCUT2D eigenvalue weighted by atomic mass is 35.5. The molecule has 1 aliphatic rings. The topological polar surface area (TPSA) is 52.7 Å². The fourth-order valence-corrected chi connectivity index (χ4v) is 3.54. The van der Waals surface area contributed by atoms with Crippen molar-refractivity contribution in [3.63, 3.8) is 0 Å². The number of nitrogens with one attached hydrogen (secondary N) is 1. The number of piperazine rings is 1. The first-order valence-corrected chi connectivity index (χ1v) is 9.59. The maximum Gasteiger partial charge on any atom is 0.224 e. The van der Waals surface area contributed by atoms with Crippen LogP contribution < -0.4 is 5.32 Å². The Morgan fingerprint density at radius 1 is 1.17 bits per heavy atom. The van der Waals surface area contributed by atoms with Crippen molar-refractivity contribution in [1.82, 2.24) is 15.1 Å². The van der Waals surface area contributed by atoms with Crippen molar-refractivity contribution in [3.05, 3.63) is 71.5 Å². The zero-order valence-corrected chi connectivity index (χ0v) is 17.3. The molecular weight excluding hydrogens is 393 g/mol. The average molecular weight is 420 g/mol. The minimum absolute atomic E-state index is 0. The minimum Gasteiger partial charge on any atom is -0.338 e. The number of hydrogen-bond acceptors (Lipinski definition) is 3. The van der Waals surface area contributed by atoms with Gasteiger partial charge in [-0.25, -0.2) is 4.39 Å². The molecule has 29 heavy (non-hydrogen) atoms. The number of amides is 2. The number of halogens is 2. The molecule has 0 saturated carbocycles. The zero-order valence-electron chi connectivity index (χ0n) is 16.5. The molecule has 7 heteroatoms.